The van der Waals surface area contributed by atoms with Crippen LogP contribution in [0.15, 0.2) is 27.4 Å². The highest BCUT2D eigenvalue weighted by molar-refractivity contribution is 5.92. The molecule has 1 unspecified atom stereocenters. The van der Waals surface area contributed by atoms with Crippen LogP contribution in [0.25, 0.3) is 11.1 Å². The minimum absolute atomic E-state index is 0.312. The number of carbonyl (C=O) groups is 1. The lowest BCUT2D eigenvalue weighted by Crippen LogP contribution is -2.38. The molecule has 90 valence electrons. The zero-order valence-corrected chi connectivity index (χ0v) is 9.56. The van der Waals surface area contributed by atoms with Crippen LogP contribution in [0.3, 0.4) is 0 Å². The number of benzene rings is 1. The van der Waals surface area contributed by atoms with Crippen LogP contribution >= 0.6 is 0 Å². The molecular formula is C11H13N3O3. The van der Waals surface area contributed by atoms with Crippen LogP contribution in [0.4, 0.5) is 5.69 Å². The van der Waals surface area contributed by atoms with Crippen LogP contribution in [-0.2, 0) is 0 Å². The van der Waals surface area contributed by atoms with E-state index in [1.165, 1.54) is 6.07 Å². The van der Waals surface area contributed by atoms with Gasteiger partial charge in [0.25, 0.3) is 5.91 Å². The molecule has 0 saturated heterocycles. The van der Waals surface area contributed by atoms with Crippen LogP contribution in [-0.4, -0.2) is 23.6 Å². The molecule has 2 aromatic rings. The Morgan fingerprint density at radius 3 is 2.88 bits per heavy atom. The topological polar surface area (TPSA) is 90.3 Å². The van der Waals surface area contributed by atoms with Crippen molar-refractivity contribution in [3.63, 3.8) is 0 Å². The van der Waals surface area contributed by atoms with Crippen molar-refractivity contribution in [1.82, 2.24) is 9.88 Å². The monoisotopic (exact) mass is 235 g/mol. The first kappa shape index (κ1) is 11.4. The number of nitrogens with zero attached hydrogens (tertiary/aromatic N) is 1. The maximum atomic E-state index is 12.0. The Kier molecular flexibility index (Phi) is 2.72. The number of nitrogens with one attached hydrogen (secondary N) is 1. The molecule has 0 aliphatic carbocycles. The normalized spacial score (nSPS) is 12.8. The summed E-state index contributed by atoms with van der Waals surface area (Å²) >= 11 is 0. The van der Waals surface area contributed by atoms with Gasteiger partial charge in [-0.1, -0.05) is 0 Å². The first-order valence-corrected chi connectivity index (χ1v) is 5.17. The number of oxazole rings is 1. The Bertz CT molecular complexity index is 626. The maximum Gasteiger partial charge on any atom is 0.426 e. The number of hydrogen-bond donors (Lipinski definition) is 2. The third kappa shape index (κ3) is 1.83. The van der Waals surface area contributed by atoms with E-state index in [9.17, 15) is 9.59 Å². The molecule has 6 heteroatoms. The summed E-state index contributed by atoms with van der Waals surface area (Å²) in [7, 11) is 1.65. The van der Waals surface area contributed by atoms with Crippen molar-refractivity contribution in [3.05, 3.63) is 28.7 Å². The lowest BCUT2D eigenvalue weighted by atomic mass is 10.2. The number of aromatic nitrogens is 1. The number of nitrogen functional groups attached to an aromatic ring is 1. The van der Waals surface area contributed by atoms with Crippen molar-refractivity contribution in [1.29, 1.82) is 0 Å². The zero-order valence-electron chi connectivity index (χ0n) is 9.56. The smallest absolute Gasteiger partial charge is 0.407 e. The molecular weight excluding hydrogens is 222 g/mol. The summed E-state index contributed by atoms with van der Waals surface area (Å²) in [4.78, 5) is 23.6. The van der Waals surface area contributed by atoms with Crippen molar-refractivity contribution in [2.75, 3.05) is 12.8 Å². The van der Waals surface area contributed by atoms with E-state index in [0.717, 1.165) is 4.57 Å². The van der Waals surface area contributed by atoms with Crippen molar-refractivity contribution in [3.8, 4) is 0 Å². The molecule has 0 bridgehead atoms. The molecule has 6 nitrogen and oxygen atoms in total. The predicted molar refractivity (Wildman–Crippen MR) is 64.0 cm³/mol. The first-order valence-electron chi connectivity index (χ1n) is 5.17. The highest BCUT2D eigenvalue weighted by Gasteiger charge is 2.20. The number of carbonyl (C=O) groups excluding carboxylic acids is 1. The van der Waals surface area contributed by atoms with E-state index >= 15 is 0 Å². The molecule has 0 spiro atoms. The van der Waals surface area contributed by atoms with Crippen molar-refractivity contribution in [2.45, 2.75) is 13.0 Å². The summed E-state index contributed by atoms with van der Waals surface area (Å²) in [6.45, 7) is 1.67. The van der Waals surface area contributed by atoms with Crippen LogP contribution < -0.4 is 16.8 Å². The van der Waals surface area contributed by atoms with Gasteiger partial charge in [0.15, 0.2) is 5.58 Å². The van der Waals surface area contributed by atoms with E-state index in [-0.39, 0.29) is 5.91 Å². The highest BCUT2D eigenvalue weighted by Crippen LogP contribution is 2.16. The molecule has 1 atom stereocenters. The van der Waals surface area contributed by atoms with E-state index < -0.39 is 11.8 Å². The second kappa shape index (κ2) is 4.06. The van der Waals surface area contributed by atoms with Crippen LogP contribution in [0, 0.1) is 0 Å². The zero-order chi connectivity index (χ0) is 12.6. The van der Waals surface area contributed by atoms with E-state index in [1.807, 2.05) is 0 Å². The van der Waals surface area contributed by atoms with E-state index in [4.69, 9.17) is 10.2 Å². The molecule has 0 saturated carbocycles. The average molecular weight is 235 g/mol. The Morgan fingerprint density at radius 2 is 2.24 bits per heavy atom. The Balaban J connectivity index is 2.65. The predicted octanol–water partition coefficient (Wildman–Crippen LogP) is 0.425. The molecule has 2 rings (SSSR count). The number of anilines is 1. The number of rotatable bonds is 2. The summed E-state index contributed by atoms with van der Waals surface area (Å²) < 4.78 is 5.98. The van der Waals surface area contributed by atoms with Crippen LogP contribution in [0.5, 0.6) is 0 Å². The lowest BCUT2D eigenvalue weighted by molar-refractivity contribution is 0.0869. The summed E-state index contributed by atoms with van der Waals surface area (Å²) in [5, 5.41) is 2.78. The van der Waals surface area contributed by atoms with Gasteiger partial charge >= 0.3 is 5.76 Å². The molecule has 0 radical (unpaired) electrons. The van der Waals surface area contributed by atoms with E-state index in [0.29, 0.717) is 16.8 Å². The Hall–Kier alpha value is -2.08. The summed E-state index contributed by atoms with van der Waals surface area (Å²) in [5.41, 5.74) is 6.79. The van der Waals surface area contributed by atoms with E-state index in [2.05, 4.69) is 5.32 Å². The molecule has 17 heavy (non-hydrogen) atoms. The quantitative estimate of drug-likeness (QED) is 0.736. The number of fused-ring (bicyclic) bond motifs is 1. The number of likely N-dealkylation sites (N-methyl/N-ethyl adjacent to an activating group) is 1. The van der Waals surface area contributed by atoms with Gasteiger partial charge in [-0.2, -0.15) is 0 Å². The van der Waals surface area contributed by atoms with Crippen LogP contribution in [0.2, 0.25) is 0 Å². The third-order valence-electron chi connectivity index (χ3n) is 2.63. The fraction of sp³-hybridized carbons (Fsp3) is 0.273. The molecule has 1 aromatic heterocycles. The van der Waals surface area contributed by atoms with Gasteiger partial charge < -0.3 is 15.5 Å². The standard InChI is InChI=1S/C11H13N3O3/c1-6(13-2)10(15)14-8-4-3-7(12)5-9(8)17-11(14)16/h3-6,13H,12H2,1-2H3. The molecule has 0 aliphatic heterocycles. The van der Waals surface area contributed by atoms with Gasteiger partial charge in [-0.25, -0.2) is 9.36 Å². The summed E-state index contributed by atoms with van der Waals surface area (Å²) in [5.74, 6) is -1.06. The molecule has 0 amide bonds. The minimum Gasteiger partial charge on any atom is -0.407 e. The second-order valence-corrected chi connectivity index (χ2v) is 3.78. The third-order valence-corrected chi connectivity index (χ3v) is 2.63. The second-order valence-electron chi connectivity index (χ2n) is 3.78. The van der Waals surface area contributed by atoms with Gasteiger partial charge in [-0.05, 0) is 26.1 Å². The SMILES string of the molecule is CNC(C)C(=O)n1c(=O)oc2cc(N)ccc21. The fourth-order valence-electron chi connectivity index (χ4n) is 1.56. The van der Waals surface area contributed by atoms with Gasteiger partial charge in [0.05, 0.1) is 11.6 Å². The molecule has 3 N–H and O–H groups in total. The molecule has 1 heterocycles. The van der Waals surface area contributed by atoms with E-state index in [1.54, 1.807) is 26.1 Å². The van der Waals surface area contributed by atoms with Gasteiger partial charge in [-0.3, -0.25) is 4.79 Å². The maximum absolute atomic E-state index is 12.0. The van der Waals surface area contributed by atoms with Gasteiger partial charge in [-0.15, -0.1) is 0 Å². The summed E-state index contributed by atoms with van der Waals surface area (Å²) in [6, 6.07) is 4.26. The number of nitrogens with two attached hydrogens (primary N) is 1. The Labute approximate surface area is 97.0 Å². The molecule has 1 aromatic carbocycles. The van der Waals surface area contributed by atoms with Crippen molar-refractivity contribution >= 4 is 22.7 Å². The molecule has 0 fully saturated rings. The summed E-state index contributed by atoms with van der Waals surface area (Å²) in [6.07, 6.45) is 0. The lowest BCUT2D eigenvalue weighted by Gasteiger charge is -2.08. The average Bonchev–Trinajstić information content (AvgIpc) is 2.62. The highest BCUT2D eigenvalue weighted by atomic mass is 16.4. The Morgan fingerprint density at radius 1 is 1.53 bits per heavy atom. The fourth-order valence-corrected chi connectivity index (χ4v) is 1.56. The van der Waals surface area contributed by atoms with Gasteiger partial charge in [0.2, 0.25) is 0 Å². The number of hydrogen-bond acceptors (Lipinski definition) is 5. The van der Waals surface area contributed by atoms with Gasteiger partial charge in [0.1, 0.15) is 0 Å². The first-order chi connectivity index (χ1) is 8.04. The van der Waals surface area contributed by atoms with Gasteiger partial charge in [0, 0.05) is 11.8 Å². The van der Waals surface area contributed by atoms with Crippen molar-refractivity contribution < 1.29 is 9.21 Å². The largest absolute Gasteiger partial charge is 0.426 e. The molecule has 0 aliphatic rings. The van der Waals surface area contributed by atoms with Crippen LogP contribution in [0.1, 0.15) is 11.7 Å². The minimum atomic E-state index is -0.697. The van der Waals surface area contributed by atoms with Crippen molar-refractivity contribution in [2.24, 2.45) is 0 Å².